The van der Waals surface area contributed by atoms with Crippen LogP contribution in [-0.4, -0.2) is 54.0 Å². The molecule has 0 unspecified atom stereocenters. The topological polar surface area (TPSA) is 70.2 Å². The quantitative estimate of drug-likeness (QED) is 0.783. The summed E-state index contributed by atoms with van der Waals surface area (Å²) >= 11 is 0. The minimum Gasteiger partial charge on any atom is -0.367 e. The number of aromatic nitrogens is 2. The van der Waals surface area contributed by atoms with Crippen LogP contribution in [0.5, 0.6) is 0 Å². The van der Waals surface area contributed by atoms with E-state index in [-0.39, 0.29) is 23.3 Å². The minimum atomic E-state index is -0.279. The third-order valence-corrected chi connectivity index (χ3v) is 4.96. The zero-order chi connectivity index (χ0) is 19.2. The molecule has 2 heterocycles. The van der Waals surface area contributed by atoms with Crippen LogP contribution in [-0.2, 0) is 0 Å². The van der Waals surface area contributed by atoms with E-state index >= 15 is 0 Å². The number of halogens is 1. The van der Waals surface area contributed by atoms with Crippen molar-refractivity contribution in [2.45, 2.75) is 25.7 Å². The Morgan fingerprint density at radius 2 is 1.96 bits per heavy atom. The Kier molecular flexibility index (Phi) is 6.34. The van der Waals surface area contributed by atoms with Crippen LogP contribution in [0.3, 0.4) is 0 Å². The molecule has 1 aromatic carbocycles. The molecular formula is C20H26FN5O. The standard InChI is InChI=1S/C20H26FN5O/c1-14(15-5-7-16(21)8-6-15)18-19(23-9-12-26-10-3-4-11-26)24-13-17(25-18)20(27)22-2/h5-8,13-14H,3-4,9-12H2,1-2H3,(H,22,27)(H,23,24)/t14-/m0/s1. The second-order valence-electron chi connectivity index (χ2n) is 6.82. The van der Waals surface area contributed by atoms with Gasteiger partial charge in [-0.2, -0.15) is 0 Å². The van der Waals surface area contributed by atoms with Gasteiger partial charge in [0.1, 0.15) is 17.3 Å². The summed E-state index contributed by atoms with van der Waals surface area (Å²) in [4.78, 5) is 23.4. The van der Waals surface area contributed by atoms with Crippen molar-refractivity contribution < 1.29 is 9.18 Å². The molecule has 0 radical (unpaired) electrons. The van der Waals surface area contributed by atoms with Crippen LogP contribution in [0.1, 0.15) is 47.4 Å². The normalized spacial score (nSPS) is 15.5. The Morgan fingerprint density at radius 3 is 2.63 bits per heavy atom. The fourth-order valence-corrected chi connectivity index (χ4v) is 3.33. The molecule has 1 aromatic heterocycles. The van der Waals surface area contributed by atoms with Gasteiger partial charge in [0.15, 0.2) is 0 Å². The Morgan fingerprint density at radius 1 is 1.26 bits per heavy atom. The van der Waals surface area contributed by atoms with E-state index in [2.05, 4.69) is 25.5 Å². The van der Waals surface area contributed by atoms with Crippen molar-refractivity contribution in [2.24, 2.45) is 0 Å². The van der Waals surface area contributed by atoms with Crippen molar-refractivity contribution in [3.05, 3.63) is 53.2 Å². The molecule has 144 valence electrons. The van der Waals surface area contributed by atoms with Crippen LogP contribution < -0.4 is 10.6 Å². The maximum Gasteiger partial charge on any atom is 0.271 e. The first-order chi connectivity index (χ1) is 13.1. The predicted molar refractivity (Wildman–Crippen MR) is 104 cm³/mol. The maximum atomic E-state index is 13.3. The van der Waals surface area contributed by atoms with Crippen LogP contribution in [0.15, 0.2) is 30.5 Å². The van der Waals surface area contributed by atoms with Crippen molar-refractivity contribution in [1.29, 1.82) is 0 Å². The first-order valence-electron chi connectivity index (χ1n) is 9.39. The summed E-state index contributed by atoms with van der Waals surface area (Å²) in [5.41, 5.74) is 1.87. The maximum absolute atomic E-state index is 13.3. The fraction of sp³-hybridized carbons (Fsp3) is 0.450. The number of carbonyl (C=O) groups excluding carboxylic acids is 1. The van der Waals surface area contributed by atoms with Gasteiger partial charge in [-0.1, -0.05) is 19.1 Å². The zero-order valence-corrected chi connectivity index (χ0v) is 15.8. The second kappa shape index (κ2) is 8.90. The number of nitrogens with zero attached hydrogens (tertiary/aromatic N) is 3. The molecule has 7 heteroatoms. The summed E-state index contributed by atoms with van der Waals surface area (Å²) in [7, 11) is 1.56. The second-order valence-corrected chi connectivity index (χ2v) is 6.82. The van der Waals surface area contributed by atoms with Gasteiger partial charge in [-0.25, -0.2) is 14.4 Å². The molecule has 1 amide bonds. The average Bonchev–Trinajstić information content (AvgIpc) is 3.21. The molecule has 0 saturated carbocycles. The van der Waals surface area contributed by atoms with Gasteiger partial charge in [0.2, 0.25) is 0 Å². The van der Waals surface area contributed by atoms with Gasteiger partial charge in [0.25, 0.3) is 5.91 Å². The van der Waals surface area contributed by atoms with Gasteiger partial charge in [-0.15, -0.1) is 0 Å². The van der Waals surface area contributed by atoms with E-state index in [0.717, 1.165) is 31.7 Å². The molecule has 1 fully saturated rings. The molecule has 3 rings (SSSR count). The van der Waals surface area contributed by atoms with Gasteiger partial charge < -0.3 is 15.5 Å². The van der Waals surface area contributed by atoms with Crippen molar-refractivity contribution in [1.82, 2.24) is 20.2 Å². The molecule has 1 atom stereocenters. The number of anilines is 1. The third kappa shape index (κ3) is 4.80. The molecule has 1 aliphatic rings. The highest BCUT2D eigenvalue weighted by atomic mass is 19.1. The number of likely N-dealkylation sites (tertiary alicyclic amines) is 1. The van der Waals surface area contributed by atoms with Crippen LogP contribution in [0, 0.1) is 5.82 Å². The average molecular weight is 371 g/mol. The van der Waals surface area contributed by atoms with Crippen molar-refractivity contribution in [3.8, 4) is 0 Å². The Balaban J connectivity index is 1.82. The Bertz CT molecular complexity index is 774. The minimum absolute atomic E-state index is 0.128. The molecule has 27 heavy (non-hydrogen) atoms. The fourth-order valence-electron chi connectivity index (χ4n) is 3.33. The molecule has 0 spiro atoms. The Hall–Kier alpha value is -2.54. The molecule has 2 N–H and O–H groups in total. The van der Waals surface area contributed by atoms with Crippen LogP contribution in [0.25, 0.3) is 0 Å². The number of nitrogens with one attached hydrogen (secondary N) is 2. The molecule has 0 bridgehead atoms. The summed E-state index contributed by atoms with van der Waals surface area (Å²) in [5.74, 6) is -0.0190. The van der Waals surface area contributed by atoms with E-state index in [1.54, 1.807) is 19.2 Å². The lowest BCUT2D eigenvalue weighted by atomic mass is 9.97. The zero-order valence-electron chi connectivity index (χ0n) is 15.8. The van der Waals surface area contributed by atoms with E-state index in [0.29, 0.717) is 11.5 Å². The molecular weight excluding hydrogens is 345 g/mol. The summed E-state index contributed by atoms with van der Waals surface area (Å²) < 4.78 is 13.3. The summed E-state index contributed by atoms with van der Waals surface area (Å²) in [6.45, 7) is 5.97. The SMILES string of the molecule is CNC(=O)c1cnc(NCCN2CCCC2)c([C@@H](C)c2ccc(F)cc2)n1. The molecule has 1 aliphatic heterocycles. The summed E-state index contributed by atoms with van der Waals surface area (Å²) in [5, 5.41) is 5.94. The third-order valence-electron chi connectivity index (χ3n) is 4.96. The lowest BCUT2D eigenvalue weighted by Gasteiger charge is -2.19. The Labute approximate surface area is 159 Å². The van der Waals surface area contributed by atoms with Gasteiger partial charge in [-0.3, -0.25) is 4.79 Å². The smallest absolute Gasteiger partial charge is 0.271 e. The number of hydrogen-bond donors (Lipinski definition) is 2. The molecule has 2 aromatic rings. The van der Waals surface area contributed by atoms with Crippen LogP contribution >= 0.6 is 0 Å². The van der Waals surface area contributed by atoms with Crippen LogP contribution in [0.4, 0.5) is 10.2 Å². The number of benzene rings is 1. The lowest BCUT2D eigenvalue weighted by Crippen LogP contribution is -2.27. The van der Waals surface area contributed by atoms with Crippen molar-refractivity contribution in [2.75, 3.05) is 38.5 Å². The van der Waals surface area contributed by atoms with Crippen LogP contribution in [0.2, 0.25) is 0 Å². The molecule has 0 aliphatic carbocycles. The van der Waals surface area contributed by atoms with E-state index in [1.165, 1.54) is 31.2 Å². The highest BCUT2D eigenvalue weighted by Gasteiger charge is 2.19. The van der Waals surface area contributed by atoms with Crippen molar-refractivity contribution in [3.63, 3.8) is 0 Å². The number of hydrogen-bond acceptors (Lipinski definition) is 5. The molecule has 6 nitrogen and oxygen atoms in total. The van der Waals surface area contributed by atoms with E-state index in [1.807, 2.05) is 6.92 Å². The van der Waals surface area contributed by atoms with Crippen molar-refractivity contribution >= 4 is 11.7 Å². The molecule has 1 saturated heterocycles. The first-order valence-corrected chi connectivity index (χ1v) is 9.39. The lowest BCUT2D eigenvalue weighted by molar-refractivity contribution is 0.0957. The monoisotopic (exact) mass is 371 g/mol. The van der Waals surface area contributed by atoms with Gasteiger partial charge in [-0.05, 0) is 43.6 Å². The van der Waals surface area contributed by atoms with E-state index in [9.17, 15) is 9.18 Å². The highest BCUT2D eigenvalue weighted by molar-refractivity contribution is 5.91. The number of amides is 1. The van der Waals surface area contributed by atoms with Gasteiger partial charge >= 0.3 is 0 Å². The number of carbonyl (C=O) groups is 1. The largest absolute Gasteiger partial charge is 0.367 e. The summed E-state index contributed by atoms with van der Waals surface area (Å²) in [6.07, 6.45) is 4.00. The van der Waals surface area contributed by atoms with Gasteiger partial charge in [0, 0.05) is 26.1 Å². The summed E-state index contributed by atoms with van der Waals surface area (Å²) in [6, 6.07) is 6.34. The number of rotatable bonds is 7. The highest BCUT2D eigenvalue weighted by Crippen LogP contribution is 2.27. The van der Waals surface area contributed by atoms with Gasteiger partial charge in [0.05, 0.1) is 11.9 Å². The van der Waals surface area contributed by atoms with E-state index < -0.39 is 0 Å². The predicted octanol–water partition coefficient (Wildman–Crippen LogP) is 2.63. The van der Waals surface area contributed by atoms with E-state index in [4.69, 9.17) is 0 Å². The first kappa shape index (κ1) is 19.2.